The van der Waals surface area contributed by atoms with Crippen molar-refractivity contribution in [3.8, 4) is 0 Å². The topological polar surface area (TPSA) is 37.4 Å². The lowest BCUT2D eigenvalue weighted by Gasteiger charge is -2.47. The fourth-order valence-electron chi connectivity index (χ4n) is 3.42. The molecule has 0 radical (unpaired) electrons. The molecule has 0 N–H and O–H groups in total. The highest BCUT2D eigenvalue weighted by Crippen LogP contribution is 2.44. The van der Waals surface area contributed by atoms with Crippen LogP contribution >= 0.6 is 0 Å². The maximum absolute atomic E-state index is 13.2. The van der Waals surface area contributed by atoms with E-state index in [2.05, 4.69) is 6.92 Å². The summed E-state index contributed by atoms with van der Waals surface area (Å²) in [6.07, 6.45) is 4.00. The Morgan fingerprint density at radius 3 is 2.33 bits per heavy atom. The van der Waals surface area contributed by atoms with Crippen LogP contribution in [0, 0.1) is 6.92 Å². The van der Waals surface area contributed by atoms with Gasteiger partial charge in [0, 0.05) is 6.04 Å². The summed E-state index contributed by atoms with van der Waals surface area (Å²) in [5.41, 5.74) is 2.15. The number of unbranched alkanes of at least 4 members (excludes halogenated alkanes) is 1. The quantitative estimate of drug-likeness (QED) is 0.763. The van der Waals surface area contributed by atoms with Gasteiger partial charge in [-0.25, -0.2) is 8.42 Å². The molecular weight excluding hydrogens is 318 g/mol. The number of benzene rings is 2. The fraction of sp³-hybridized carbons (Fsp3) is 0.400. The number of nitrogens with zero attached hydrogens (tertiary/aromatic N) is 1. The summed E-state index contributed by atoms with van der Waals surface area (Å²) >= 11 is 0. The molecule has 0 saturated carbocycles. The molecule has 0 spiro atoms. The first-order valence-electron chi connectivity index (χ1n) is 8.69. The van der Waals surface area contributed by atoms with E-state index in [4.69, 9.17) is 0 Å². The third-order valence-electron chi connectivity index (χ3n) is 4.83. The van der Waals surface area contributed by atoms with Gasteiger partial charge in [-0.15, -0.1) is 0 Å². The first-order chi connectivity index (χ1) is 11.5. The van der Waals surface area contributed by atoms with E-state index in [9.17, 15) is 8.42 Å². The van der Waals surface area contributed by atoms with Gasteiger partial charge in [0.25, 0.3) is 0 Å². The number of sulfonamides is 1. The second-order valence-corrected chi connectivity index (χ2v) is 8.45. The van der Waals surface area contributed by atoms with Gasteiger partial charge in [-0.1, -0.05) is 67.8 Å². The molecule has 3 rings (SSSR count). The molecule has 0 aromatic heterocycles. The Morgan fingerprint density at radius 1 is 1.04 bits per heavy atom. The van der Waals surface area contributed by atoms with Gasteiger partial charge >= 0.3 is 0 Å². The van der Waals surface area contributed by atoms with E-state index in [0.29, 0.717) is 4.90 Å². The van der Waals surface area contributed by atoms with Crippen molar-refractivity contribution in [2.45, 2.75) is 56.5 Å². The van der Waals surface area contributed by atoms with Crippen molar-refractivity contribution in [2.24, 2.45) is 0 Å². The predicted octanol–water partition coefficient (Wildman–Crippen LogP) is 4.69. The molecule has 0 aliphatic carbocycles. The Kier molecular flexibility index (Phi) is 5.07. The van der Waals surface area contributed by atoms with Crippen LogP contribution < -0.4 is 0 Å². The Bertz CT molecular complexity index is 769. The molecule has 2 aromatic carbocycles. The van der Waals surface area contributed by atoms with E-state index < -0.39 is 10.0 Å². The lowest BCUT2D eigenvalue weighted by Crippen LogP contribution is -2.53. The van der Waals surface area contributed by atoms with Crippen LogP contribution in [0.5, 0.6) is 0 Å². The van der Waals surface area contributed by atoms with Crippen LogP contribution in [0.4, 0.5) is 0 Å². The summed E-state index contributed by atoms with van der Waals surface area (Å²) in [7, 11) is -3.46. The highest BCUT2D eigenvalue weighted by molar-refractivity contribution is 7.89. The normalized spacial score (nSPS) is 21.4. The zero-order valence-corrected chi connectivity index (χ0v) is 15.2. The highest BCUT2D eigenvalue weighted by Gasteiger charge is 2.46. The minimum atomic E-state index is -3.46. The van der Waals surface area contributed by atoms with Crippen LogP contribution in [-0.4, -0.2) is 18.8 Å². The fourth-order valence-corrected chi connectivity index (χ4v) is 5.27. The van der Waals surface area contributed by atoms with Gasteiger partial charge in [-0.3, -0.25) is 0 Å². The third-order valence-corrected chi connectivity index (χ3v) is 6.81. The maximum Gasteiger partial charge on any atom is 0.243 e. The van der Waals surface area contributed by atoms with E-state index in [1.807, 2.05) is 49.4 Å². The molecule has 1 heterocycles. The Morgan fingerprint density at radius 2 is 1.71 bits per heavy atom. The lowest BCUT2D eigenvalue weighted by molar-refractivity contribution is 0.101. The molecule has 4 heteroatoms. The Labute approximate surface area is 145 Å². The summed E-state index contributed by atoms with van der Waals surface area (Å²) in [4.78, 5) is 0.398. The van der Waals surface area contributed by atoms with Gasteiger partial charge < -0.3 is 0 Å². The minimum Gasteiger partial charge on any atom is -0.207 e. The van der Waals surface area contributed by atoms with Gasteiger partial charge in [-0.05, 0) is 37.5 Å². The minimum absolute atomic E-state index is 0.0423. The van der Waals surface area contributed by atoms with Crippen molar-refractivity contribution >= 4 is 10.0 Å². The SMILES string of the molecule is CCCC[C@@H]1C[C@@H](c2ccccc2)N1S(=O)(=O)c1ccc(C)cc1. The van der Waals surface area contributed by atoms with Crippen LogP contribution in [0.2, 0.25) is 0 Å². The summed E-state index contributed by atoms with van der Waals surface area (Å²) in [6, 6.07) is 17.2. The molecule has 24 heavy (non-hydrogen) atoms. The zero-order chi connectivity index (χ0) is 17.2. The van der Waals surface area contributed by atoms with Gasteiger partial charge in [0.2, 0.25) is 10.0 Å². The van der Waals surface area contributed by atoms with Crippen molar-refractivity contribution < 1.29 is 8.42 Å². The Balaban J connectivity index is 1.93. The summed E-state index contributed by atoms with van der Waals surface area (Å²) in [5.74, 6) is 0. The van der Waals surface area contributed by atoms with Crippen LogP contribution in [0.3, 0.4) is 0 Å². The Hall–Kier alpha value is -1.65. The molecule has 2 atom stereocenters. The van der Waals surface area contributed by atoms with Crippen LogP contribution in [-0.2, 0) is 10.0 Å². The molecule has 3 nitrogen and oxygen atoms in total. The van der Waals surface area contributed by atoms with E-state index in [0.717, 1.165) is 36.8 Å². The van der Waals surface area contributed by atoms with E-state index in [-0.39, 0.29) is 12.1 Å². The number of rotatable bonds is 6. The standard InChI is InChI=1S/C20H25NO2S/c1-3-4-10-18-15-20(17-8-6-5-7-9-17)21(18)24(22,23)19-13-11-16(2)12-14-19/h5-9,11-14,18,20H,3-4,10,15H2,1-2H3/t18-,20+/m1/s1. The summed E-state index contributed by atoms with van der Waals surface area (Å²) < 4.78 is 28.2. The van der Waals surface area contributed by atoms with Crippen LogP contribution in [0.25, 0.3) is 0 Å². The maximum atomic E-state index is 13.2. The van der Waals surface area contributed by atoms with Crippen LogP contribution in [0.1, 0.15) is 49.8 Å². The van der Waals surface area contributed by atoms with E-state index in [1.165, 1.54) is 0 Å². The first-order valence-corrected chi connectivity index (χ1v) is 10.1. The monoisotopic (exact) mass is 343 g/mol. The molecule has 128 valence electrons. The second kappa shape index (κ2) is 7.08. The molecule has 1 aliphatic rings. The van der Waals surface area contributed by atoms with Gasteiger partial charge in [0.15, 0.2) is 0 Å². The predicted molar refractivity (Wildman–Crippen MR) is 97.3 cm³/mol. The van der Waals surface area contributed by atoms with Gasteiger partial charge in [0.1, 0.15) is 0 Å². The lowest BCUT2D eigenvalue weighted by atomic mass is 9.88. The highest BCUT2D eigenvalue weighted by atomic mass is 32.2. The van der Waals surface area contributed by atoms with E-state index >= 15 is 0 Å². The van der Waals surface area contributed by atoms with Crippen LogP contribution in [0.15, 0.2) is 59.5 Å². The zero-order valence-electron chi connectivity index (χ0n) is 14.4. The average molecular weight is 343 g/mol. The van der Waals surface area contributed by atoms with Gasteiger partial charge in [0.05, 0.1) is 10.9 Å². The summed E-state index contributed by atoms with van der Waals surface area (Å²) in [5, 5.41) is 0. The molecule has 1 aliphatic heterocycles. The third kappa shape index (κ3) is 3.26. The molecule has 0 unspecified atom stereocenters. The van der Waals surface area contributed by atoms with Crippen molar-refractivity contribution in [1.29, 1.82) is 0 Å². The molecule has 1 saturated heterocycles. The van der Waals surface area contributed by atoms with E-state index in [1.54, 1.807) is 16.4 Å². The average Bonchev–Trinajstić information content (AvgIpc) is 2.55. The second-order valence-electron chi connectivity index (χ2n) is 6.61. The van der Waals surface area contributed by atoms with Gasteiger partial charge in [-0.2, -0.15) is 4.31 Å². The van der Waals surface area contributed by atoms with Crippen molar-refractivity contribution in [2.75, 3.05) is 0 Å². The molecule has 0 amide bonds. The number of hydrogen-bond donors (Lipinski definition) is 0. The molecule has 1 fully saturated rings. The van der Waals surface area contributed by atoms with Crippen molar-refractivity contribution in [3.05, 3.63) is 65.7 Å². The molecule has 0 bridgehead atoms. The number of aryl methyl sites for hydroxylation is 1. The number of hydrogen-bond acceptors (Lipinski definition) is 2. The van der Waals surface area contributed by atoms with Crippen molar-refractivity contribution in [1.82, 2.24) is 4.31 Å². The summed E-state index contributed by atoms with van der Waals surface area (Å²) in [6.45, 7) is 4.11. The molecular formula is C20H25NO2S. The molecule has 2 aromatic rings. The van der Waals surface area contributed by atoms with Crippen molar-refractivity contribution in [3.63, 3.8) is 0 Å². The smallest absolute Gasteiger partial charge is 0.207 e. The largest absolute Gasteiger partial charge is 0.243 e. The first kappa shape index (κ1) is 17.2.